The number of thioether (sulfide) groups is 1. The molecule has 1 aromatic carbocycles. The number of nitrogens with zero attached hydrogens (tertiary/aromatic N) is 2. The van der Waals surface area contributed by atoms with Gasteiger partial charge in [0.05, 0.1) is 5.69 Å². The standard InChI is InChI=1S/C19H20N2S/c1-14(7-8-15(2)18-6-3-11-20-21-18)17-10-9-16-5-4-12-22-19(16)13-17/h3,6,9-11,13H,1-2,4-5,7-8,12H2. The fourth-order valence-electron chi connectivity index (χ4n) is 2.62. The summed E-state index contributed by atoms with van der Waals surface area (Å²) in [6.07, 6.45) is 5.94. The lowest BCUT2D eigenvalue weighted by Crippen LogP contribution is -1.99. The van der Waals surface area contributed by atoms with Crippen molar-refractivity contribution in [2.45, 2.75) is 30.6 Å². The minimum atomic E-state index is 0.863. The van der Waals surface area contributed by atoms with Gasteiger partial charge in [0.25, 0.3) is 0 Å². The van der Waals surface area contributed by atoms with E-state index in [1.165, 1.54) is 40.2 Å². The van der Waals surface area contributed by atoms with E-state index in [4.69, 9.17) is 0 Å². The van der Waals surface area contributed by atoms with Crippen molar-refractivity contribution in [2.75, 3.05) is 5.75 Å². The van der Waals surface area contributed by atoms with Crippen molar-refractivity contribution in [2.24, 2.45) is 0 Å². The highest BCUT2D eigenvalue weighted by atomic mass is 32.2. The monoisotopic (exact) mass is 308 g/mol. The summed E-state index contributed by atoms with van der Waals surface area (Å²) in [6, 6.07) is 10.6. The van der Waals surface area contributed by atoms with Crippen LogP contribution in [0.2, 0.25) is 0 Å². The SMILES string of the molecule is C=C(CCC(=C)c1cccnn1)c1ccc2c(c1)SCCC2. The van der Waals surface area contributed by atoms with Crippen molar-refractivity contribution in [3.63, 3.8) is 0 Å². The van der Waals surface area contributed by atoms with Crippen LogP contribution in [0.5, 0.6) is 0 Å². The van der Waals surface area contributed by atoms with Gasteiger partial charge in [0, 0.05) is 11.1 Å². The van der Waals surface area contributed by atoms with Gasteiger partial charge >= 0.3 is 0 Å². The summed E-state index contributed by atoms with van der Waals surface area (Å²) in [5.74, 6) is 1.23. The highest BCUT2D eigenvalue weighted by Crippen LogP contribution is 2.33. The zero-order valence-corrected chi connectivity index (χ0v) is 13.5. The van der Waals surface area contributed by atoms with Gasteiger partial charge in [-0.2, -0.15) is 10.2 Å². The lowest BCUT2D eigenvalue weighted by Gasteiger charge is -2.17. The molecule has 0 aliphatic carbocycles. The number of benzene rings is 1. The molecule has 1 aromatic heterocycles. The number of aromatic nitrogens is 2. The Bertz CT molecular complexity index is 692. The Morgan fingerprint density at radius 2 is 2.00 bits per heavy atom. The minimum absolute atomic E-state index is 0.863. The van der Waals surface area contributed by atoms with Crippen molar-refractivity contribution in [1.29, 1.82) is 0 Å². The maximum absolute atomic E-state index is 4.25. The van der Waals surface area contributed by atoms with Gasteiger partial charge in [0.15, 0.2) is 0 Å². The Morgan fingerprint density at radius 3 is 2.82 bits per heavy atom. The van der Waals surface area contributed by atoms with Crippen LogP contribution in [0, 0.1) is 0 Å². The molecule has 0 saturated carbocycles. The first-order valence-corrected chi connectivity index (χ1v) is 8.62. The normalized spacial score (nSPS) is 13.5. The molecule has 0 unspecified atom stereocenters. The van der Waals surface area contributed by atoms with Gasteiger partial charge in [-0.25, -0.2) is 0 Å². The molecule has 3 heteroatoms. The van der Waals surface area contributed by atoms with Gasteiger partial charge in [-0.3, -0.25) is 0 Å². The van der Waals surface area contributed by atoms with Crippen LogP contribution in [0.3, 0.4) is 0 Å². The van der Waals surface area contributed by atoms with Crippen LogP contribution in [0.25, 0.3) is 11.1 Å². The fraction of sp³-hybridized carbons (Fsp3) is 0.263. The number of hydrogen-bond acceptors (Lipinski definition) is 3. The quantitative estimate of drug-likeness (QED) is 0.775. The second-order valence-electron chi connectivity index (χ2n) is 5.59. The topological polar surface area (TPSA) is 25.8 Å². The molecule has 0 atom stereocenters. The summed E-state index contributed by atoms with van der Waals surface area (Å²) >= 11 is 1.96. The van der Waals surface area contributed by atoms with Crippen LogP contribution in [0.15, 0.2) is 54.6 Å². The highest BCUT2D eigenvalue weighted by molar-refractivity contribution is 7.99. The van der Waals surface area contributed by atoms with Crippen molar-refractivity contribution in [3.8, 4) is 0 Å². The average molecular weight is 308 g/mol. The number of aryl methyl sites for hydroxylation is 1. The van der Waals surface area contributed by atoms with Gasteiger partial charge in [0.1, 0.15) is 0 Å². The summed E-state index contributed by atoms with van der Waals surface area (Å²) < 4.78 is 0. The number of hydrogen-bond donors (Lipinski definition) is 0. The van der Waals surface area contributed by atoms with Gasteiger partial charge < -0.3 is 0 Å². The van der Waals surface area contributed by atoms with Crippen LogP contribution in [-0.4, -0.2) is 16.0 Å². The van der Waals surface area contributed by atoms with E-state index in [2.05, 4.69) is 41.6 Å². The first-order valence-electron chi connectivity index (χ1n) is 7.64. The van der Waals surface area contributed by atoms with E-state index in [9.17, 15) is 0 Å². The molecule has 3 rings (SSSR count). The molecule has 0 fully saturated rings. The van der Waals surface area contributed by atoms with E-state index in [0.29, 0.717) is 0 Å². The molecule has 2 nitrogen and oxygen atoms in total. The highest BCUT2D eigenvalue weighted by Gasteiger charge is 2.11. The lowest BCUT2D eigenvalue weighted by atomic mass is 9.97. The molecule has 0 bridgehead atoms. The number of rotatable bonds is 5. The Kier molecular flexibility index (Phi) is 4.74. The molecule has 0 saturated heterocycles. The Balaban J connectivity index is 1.64. The first-order chi connectivity index (χ1) is 10.7. The van der Waals surface area contributed by atoms with E-state index >= 15 is 0 Å². The van der Waals surface area contributed by atoms with E-state index in [1.54, 1.807) is 6.20 Å². The fourth-order valence-corrected chi connectivity index (χ4v) is 3.70. The van der Waals surface area contributed by atoms with Crippen LogP contribution >= 0.6 is 11.8 Å². The Hall–Kier alpha value is -1.87. The maximum atomic E-state index is 4.25. The van der Waals surface area contributed by atoms with Crippen molar-refractivity contribution < 1.29 is 0 Å². The zero-order chi connectivity index (χ0) is 15.4. The Labute approximate surface area is 136 Å². The van der Waals surface area contributed by atoms with Gasteiger partial charge in [0.2, 0.25) is 0 Å². The largest absolute Gasteiger partial charge is 0.159 e. The molecule has 0 N–H and O–H groups in total. The molecule has 1 aliphatic rings. The zero-order valence-electron chi connectivity index (χ0n) is 12.7. The third-order valence-corrected chi connectivity index (χ3v) is 5.17. The summed E-state index contributed by atoms with van der Waals surface area (Å²) in [4.78, 5) is 1.43. The average Bonchev–Trinajstić information content (AvgIpc) is 2.59. The van der Waals surface area contributed by atoms with Crippen LogP contribution in [0.1, 0.15) is 36.1 Å². The predicted octanol–water partition coefficient (Wildman–Crippen LogP) is 5.02. The third kappa shape index (κ3) is 3.47. The Morgan fingerprint density at radius 1 is 1.14 bits per heavy atom. The molecular formula is C19H20N2S. The van der Waals surface area contributed by atoms with Crippen LogP contribution < -0.4 is 0 Å². The van der Waals surface area contributed by atoms with Crippen molar-refractivity contribution in [1.82, 2.24) is 10.2 Å². The molecule has 22 heavy (non-hydrogen) atoms. The van der Waals surface area contributed by atoms with Gasteiger partial charge in [-0.05, 0) is 71.9 Å². The van der Waals surface area contributed by atoms with E-state index in [-0.39, 0.29) is 0 Å². The molecular weight excluding hydrogens is 288 g/mol. The second kappa shape index (κ2) is 6.93. The summed E-state index contributed by atoms with van der Waals surface area (Å²) in [7, 11) is 0. The summed E-state index contributed by atoms with van der Waals surface area (Å²) in [5.41, 5.74) is 5.79. The van der Waals surface area contributed by atoms with Crippen molar-refractivity contribution >= 4 is 22.9 Å². The molecule has 2 aromatic rings. The first kappa shape index (κ1) is 15.0. The number of fused-ring (bicyclic) bond motifs is 1. The molecule has 0 radical (unpaired) electrons. The molecule has 2 heterocycles. The third-order valence-electron chi connectivity index (χ3n) is 3.99. The van der Waals surface area contributed by atoms with Crippen LogP contribution in [0.4, 0.5) is 0 Å². The number of allylic oxidation sites excluding steroid dienone is 2. The van der Waals surface area contributed by atoms with Gasteiger partial charge in [-0.1, -0.05) is 25.3 Å². The second-order valence-corrected chi connectivity index (χ2v) is 6.73. The van der Waals surface area contributed by atoms with Gasteiger partial charge in [-0.15, -0.1) is 11.8 Å². The smallest absolute Gasteiger partial charge is 0.0883 e. The van der Waals surface area contributed by atoms with E-state index in [1.807, 2.05) is 23.9 Å². The minimum Gasteiger partial charge on any atom is -0.159 e. The molecule has 112 valence electrons. The molecule has 1 aliphatic heterocycles. The molecule has 0 spiro atoms. The predicted molar refractivity (Wildman–Crippen MR) is 94.8 cm³/mol. The lowest BCUT2D eigenvalue weighted by molar-refractivity contribution is 0.889. The van der Waals surface area contributed by atoms with Crippen LogP contribution in [-0.2, 0) is 6.42 Å². The summed E-state index contributed by atoms with van der Waals surface area (Å²) in [5, 5.41) is 8.01. The summed E-state index contributed by atoms with van der Waals surface area (Å²) in [6.45, 7) is 8.37. The van der Waals surface area contributed by atoms with E-state index < -0.39 is 0 Å². The van der Waals surface area contributed by atoms with Crippen molar-refractivity contribution in [3.05, 3.63) is 66.5 Å². The maximum Gasteiger partial charge on any atom is 0.0883 e. The molecule has 0 amide bonds. The van der Waals surface area contributed by atoms with E-state index in [0.717, 1.165) is 24.1 Å².